The first-order valence-corrected chi connectivity index (χ1v) is 10.4. The minimum atomic E-state index is 0.305. The Kier molecular flexibility index (Phi) is 5.12. The van der Waals surface area contributed by atoms with E-state index in [1.54, 1.807) is 11.1 Å². The number of hydrogen-bond donors (Lipinski definition) is 1. The third kappa shape index (κ3) is 3.92. The Labute approximate surface area is 155 Å². The van der Waals surface area contributed by atoms with Gasteiger partial charge in [0.2, 0.25) is 0 Å². The topological polar surface area (TPSA) is 24.4 Å². The van der Waals surface area contributed by atoms with Crippen LogP contribution in [-0.4, -0.2) is 17.5 Å². The second kappa shape index (κ2) is 7.65. The molecule has 1 heterocycles. The van der Waals surface area contributed by atoms with Gasteiger partial charge in [-0.25, -0.2) is 0 Å². The molecule has 0 bridgehead atoms. The molecule has 4 rings (SSSR count). The molecule has 130 valence electrons. The summed E-state index contributed by atoms with van der Waals surface area (Å²) in [6, 6.07) is 16.1. The SMILES string of the molecule is Cc1cccc(CC(NC2=NCCS2)c2cccc3c2CCCC3)c1. The molecular formula is C22H26N2S. The number of benzene rings is 2. The van der Waals surface area contributed by atoms with Crippen molar-refractivity contribution >= 4 is 16.9 Å². The van der Waals surface area contributed by atoms with Crippen LogP contribution >= 0.6 is 11.8 Å². The molecule has 1 aliphatic carbocycles. The second-order valence-corrected chi connectivity index (χ2v) is 8.20. The number of amidine groups is 1. The predicted octanol–water partition coefficient (Wildman–Crippen LogP) is 4.85. The van der Waals surface area contributed by atoms with Crippen LogP contribution in [0.1, 0.15) is 46.7 Å². The molecule has 25 heavy (non-hydrogen) atoms. The Morgan fingerprint density at radius 1 is 1.12 bits per heavy atom. The van der Waals surface area contributed by atoms with Crippen LogP contribution < -0.4 is 5.32 Å². The van der Waals surface area contributed by atoms with Crippen LogP contribution in [0.15, 0.2) is 47.5 Å². The summed E-state index contributed by atoms with van der Waals surface area (Å²) in [6.45, 7) is 3.12. The Hall–Kier alpha value is -1.74. The molecule has 2 aliphatic rings. The third-order valence-electron chi connectivity index (χ3n) is 5.21. The molecule has 0 amide bonds. The zero-order valence-electron chi connectivity index (χ0n) is 14.9. The van der Waals surface area contributed by atoms with E-state index < -0.39 is 0 Å². The van der Waals surface area contributed by atoms with Crippen molar-refractivity contribution in [1.82, 2.24) is 5.32 Å². The van der Waals surface area contributed by atoms with Crippen LogP contribution in [0.25, 0.3) is 0 Å². The van der Waals surface area contributed by atoms with Crippen LogP contribution in [0.3, 0.4) is 0 Å². The van der Waals surface area contributed by atoms with Crippen LogP contribution in [0.4, 0.5) is 0 Å². The van der Waals surface area contributed by atoms with Crippen molar-refractivity contribution in [3.8, 4) is 0 Å². The summed E-state index contributed by atoms with van der Waals surface area (Å²) in [4.78, 5) is 4.64. The molecule has 0 saturated carbocycles. The maximum Gasteiger partial charge on any atom is 0.157 e. The van der Waals surface area contributed by atoms with Crippen LogP contribution in [0.2, 0.25) is 0 Å². The van der Waals surface area contributed by atoms with Crippen LogP contribution in [0, 0.1) is 6.92 Å². The van der Waals surface area contributed by atoms with E-state index in [-0.39, 0.29) is 0 Å². The van der Waals surface area contributed by atoms with E-state index in [9.17, 15) is 0 Å². The summed E-state index contributed by atoms with van der Waals surface area (Å²) in [7, 11) is 0. The molecule has 0 saturated heterocycles. The van der Waals surface area contributed by atoms with Gasteiger partial charge in [-0.15, -0.1) is 0 Å². The lowest BCUT2D eigenvalue weighted by Gasteiger charge is -2.26. The smallest absolute Gasteiger partial charge is 0.157 e. The van der Waals surface area contributed by atoms with Gasteiger partial charge in [0.05, 0.1) is 12.6 Å². The predicted molar refractivity (Wildman–Crippen MR) is 109 cm³/mol. The van der Waals surface area contributed by atoms with E-state index in [4.69, 9.17) is 0 Å². The van der Waals surface area contributed by atoms with Gasteiger partial charge in [0, 0.05) is 5.75 Å². The number of aliphatic imine (C=N–C) groups is 1. The summed E-state index contributed by atoms with van der Waals surface area (Å²) in [5.74, 6) is 1.10. The molecule has 0 spiro atoms. The van der Waals surface area contributed by atoms with Crippen LogP contribution in [-0.2, 0) is 19.3 Å². The average Bonchev–Trinajstić information content (AvgIpc) is 3.14. The van der Waals surface area contributed by atoms with E-state index in [1.165, 1.54) is 42.4 Å². The van der Waals surface area contributed by atoms with Gasteiger partial charge < -0.3 is 5.32 Å². The first kappa shape index (κ1) is 16.7. The standard InChI is InChI=1S/C22H26N2S/c1-16-6-4-7-17(14-16)15-21(24-22-23-12-13-25-22)20-11-5-9-18-8-2-3-10-19(18)20/h4-7,9,11,14,21H,2-3,8,10,12-13,15H2,1H3,(H,23,24). The molecule has 2 nitrogen and oxygen atoms in total. The molecule has 2 aromatic rings. The number of nitrogens with one attached hydrogen (secondary N) is 1. The molecule has 2 aromatic carbocycles. The molecule has 0 fully saturated rings. The molecule has 1 atom stereocenters. The summed E-state index contributed by atoms with van der Waals surface area (Å²) < 4.78 is 0. The van der Waals surface area contributed by atoms with Gasteiger partial charge in [0.1, 0.15) is 0 Å². The zero-order valence-corrected chi connectivity index (χ0v) is 15.7. The molecule has 1 aliphatic heterocycles. The highest BCUT2D eigenvalue weighted by Gasteiger charge is 2.22. The van der Waals surface area contributed by atoms with Crippen molar-refractivity contribution in [3.05, 3.63) is 70.3 Å². The largest absolute Gasteiger partial charge is 0.358 e. The highest BCUT2D eigenvalue weighted by molar-refractivity contribution is 8.14. The number of fused-ring (bicyclic) bond motifs is 1. The van der Waals surface area contributed by atoms with Crippen molar-refractivity contribution in [2.24, 2.45) is 4.99 Å². The summed E-state index contributed by atoms with van der Waals surface area (Å²) in [5.41, 5.74) is 7.35. The molecular weight excluding hydrogens is 324 g/mol. The zero-order chi connectivity index (χ0) is 17.1. The van der Waals surface area contributed by atoms with E-state index in [1.807, 2.05) is 11.8 Å². The minimum Gasteiger partial charge on any atom is -0.358 e. The Balaban J connectivity index is 1.67. The van der Waals surface area contributed by atoms with E-state index in [2.05, 4.69) is 59.7 Å². The Bertz CT molecular complexity index is 781. The van der Waals surface area contributed by atoms with Gasteiger partial charge >= 0.3 is 0 Å². The molecule has 1 unspecified atom stereocenters. The fourth-order valence-electron chi connectivity index (χ4n) is 4.02. The first-order chi connectivity index (χ1) is 12.3. The van der Waals surface area contributed by atoms with Gasteiger partial charge in [-0.1, -0.05) is 59.8 Å². The molecule has 0 radical (unpaired) electrons. The summed E-state index contributed by atoms with van der Waals surface area (Å²) in [6.07, 6.45) is 6.11. The minimum absolute atomic E-state index is 0.305. The normalized spacial score (nSPS) is 17.7. The lowest BCUT2D eigenvalue weighted by molar-refractivity contribution is 0.616. The highest BCUT2D eigenvalue weighted by atomic mass is 32.2. The first-order valence-electron chi connectivity index (χ1n) is 9.39. The van der Waals surface area contributed by atoms with Gasteiger partial charge in [-0.2, -0.15) is 0 Å². The maximum atomic E-state index is 4.64. The van der Waals surface area contributed by atoms with Gasteiger partial charge in [-0.3, -0.25) is 4.99 Å². The fraction of sp³-hybridized carbons (Fsp3) is 0.409. The Morgan fingerprint density at radius 2 is 2.00 bits per heavy atom. The van der Waals surface area contributed by atoms with Gasteiger partial charge in [0.25, 0.3) is 0 Å². The lowest BCUT2D eigenvalue weighted by Crippen LogP contribution is -2.28. The maximum absolute atomic E-state index is 4.64. The molecule has 1 N–H and O–H groups in total. The van der Waals surface area contributed by atoms with E-state index in [0.717, 1.165) is 23.9 Å². The monoisotopic (exact) mass is 350 g/mol. The summed E-state index contributed by atoms with van der Waals surface area (Å²) >= 11 is 1.86. The summed E-state index contributed by atoms with van der Waals surface area (Å²) in [5, 5.41) is 4.88. The van der Waals surface area contributed by atoms with Crippen molar-refractivity contribution in [2.45, 2.75) is 45.1 Å². The number of aryl methyl sites for hydroxylation is 2. The van der Waals surface area contributed by atoms with Crippen molar-refractivity contribution in [2.75, 3.05) is 12.3 Å². The Morgan fingerprint density at radius 3 is 2.84 bits per heavy atom. The van der Waals surface area contributed by atoms with Gasteiger partial charge in [-0.05, 0) is 61.3 Å². The quantitative estimate of drug-likeness (QED) is 0.852. The fourth-order valence-corrected chi connectivity index (χ4v) is 4.81. The lowest BCUT2D eigenvalue weighted by atomic mass is 9.84. The molecule has 3 heteroatoms. The second-order valence-electron chi connectivity index (χ2n) is 7.12. The van der Waals surface area contributed by atoms with E-state index in [0.29, 0.717) is 6.04 Å². The van der Waals surface area contributed by atoms with E-state index >= 15 is 0 Å². The third-order valence-corrected chi connectivity index (χ3v) is 6.12. The number of hydrogen-bond acceptors (Lipinski definition) is 3. The average molecular weight is 351 g/mol. The van der Waals surface area contributed by atoms with Crippen molar-refractivity contribution < 1.29 is 0 Å². The number of rotatable bonds is 4. The van der Waals surface area contributed by atoms with Crippen molar-refractivity contribution in [1.29, 1.82) is 0 Å². The van der Waals surface area contributed by atoms with Crippen LogP contribution in [0.5, 0.6) is 0 Å². The van der Waals surface area contributed by atoms with Gasteiger partial charge in [0.15, 0.2) is 5.17 Å². The number of nitrogens with zero attached hydrogens (tertiary/aromatic N) is 1. The van der Waals surface area contributed by atoms with Crippen molar-refractivity contribution in [3.63, 3.8) is 0 Å². The molecule has 0 aromatic heterocycles. The number of thioether (sulfide) groups is 1. The highest BCUT2D eigenvalue weighted by Crippen LogP contribution is 2.31.